The highest BCUT2D eigenvalue weighted by Gasteiger charge is 2.49. The summed E-state index contributed by atoms with van der Waals surface area (Å²) in [6.07, 6.45) is 3.86. The minimum Gasteiger partial charge on any atom is -0.449 e. The molecule has 3 N–H and O–H groups in total. The average Bonchev–Trinajstić information content (AvgIpc) is 3.35. The number of nitrogens with one attached hydrogen (secondary N) is 1. The molecule has 0 radical (unpaired) electrons. The van der Waals surface area contributed by atoms with E-state index in [1.165, 1.54) is 0 Å². The Balaban J connectivity index is 1.31. The Hall–Kier alpha value is -1.37. The molecule has 0 bridgehead atoms. The largest absolute Gasteiger partial charge is 0.449 e. The molecule has 29 heavy (non-hydrogen) atoms. The van der Waals surface area contributed by atoms with Crippen LogP contribution in [0.25, 0.3) is 0 Å². The quantitative estimate of drug-likeness (QED) is 0.290. The minimum atomic E-state index is -0.368. The topological polar surface area (TPSA) is 101 Å². The summed E-state index contributed by atoms with van der Waals surface area (Å²) in [4.78, 5) is 11.8. The predicted octanol–water partition coefficient (Wildman–Crippen LogP) is 1.18. The van der Waals surface area contributed by atoms with Gasteiger partial charge in [-0.2, -0.15) is 0 Å². The monoisotopic (exact) mass is 412 g/mol. The van der Waals surface area contributed by atoms with E-state index < -0.39 is 0 Å². The lowest BCUT2D eigenvalue weighted by molar-refractivity contribution is -0.000649. The number of ether oxygens (including phenoxy) is 5. The molecule has 8 heteroatoms. The summed E-state index contributed by atoms with van der Waals surface area (Å²) in [7, 11) is 0. The van der Waals surface area contributed by atoms with E-state index in [2.05, 4.69) is 17.2 Å². The summed E-state index contributed by atoms with van der Waals surface area (Å²) in [6.45, 7) is 5.54. The highest BCUT2D eigenvalue weighted by Crippen LogP contribution is 2.52. The summed E-state index contributed by atoms with van der Waals surface area (Å²) < 4.78 is 26.7. The van der Waals surface area contributed by atoms with Crippen LogP contribution in [0.3, 0.4) is 0 Å². The highest BCUT2D eigenvalue weighted by molar-refractivity contribution is 5.67. The number of hydrogen-bond acceptors (Lipinski definition) is 7. The Morgan fingerprint density at radius 3 is 1.90 bits per heavy atom. The third-order valence-corrected chi connectivity index (χ3v) is 5.14. The second kappa shape index (κ2) is 15.5. The number of carbonyl (C=O) groups excluding carboxylic acids is 1. The SMILES string of the molecule is NCCOCCOCCOCCOCCNC(=O)OCC1[C@H]2CCC#CCC[C@@H]12. The van der Waals surface area contributed by atoms with Crippen LogP contribution in [0, 0.1) is 29.6 Å². The molecule has 1 unspecified atom stereocenters. The number of nitrogens with two attached hydrogens (primary N) is 1. The van der Waals surface area contributed by atoms with Crippen molar-refractivity contribution in [1.29, 1.82) is 0 Å². The first-order valence-electron chi connectivity index (χ1n) is 10.7. The summed E-state index contributed by atoms with van der Waals surface area (Å²) in [5.74, 6) is 8.28. The minimum absolute atomic E-state index is 0.368. The van der Waals surface area contributed by atoms with Crippen molar-refractivity contribution in [3.8, 4) is 11.8 Å². The zero-order chi connectivity index (χ0) is 20.6. The number of hydrogen-bond donors (Lipinski definition) is 2. The molecule has 1 amide bonds. The van der Waals surface area contributed by atoms with Crippen LogP contribution in [0.5, 0.6) is 0 Å². The first-order chi connectivity index (χ1) is 14.3. The molecule has 2 aliphatic rings. The molecule has 2 rings (SSSR count). The van der Waals surface area contributed by atoms with Crippen molar-refractivity contribution in [2.24, 2.45) is 23.5 Å². The number of alkyl carbamates (subject to hydrolysis) is 1. The van der Waals surface area contributed by atoms with Crippen molar-refractivity contribution in [2.75, 3.05) is 72.6 Å². The fraction of sp³-hybridized carbons (Fsp3) is 0.857. The normalized spacial score (nSPS) is 22.6. The lowest BCUT2D eigenvalue weighted by Crippen LogP contribution is -2.29. The second-order valence-electron chi connectivity index (χ2n) is 7.19. The Labute approximate surface area is 174 Å². The number of amides is 1. The van der Waals surface area contributed by atoms with Crippen LogP contribution < -0.4 is 11.1 Å². The Morgan fingerprint density at radius 2 is 1.34 bits per heavy atom. The van der Waals surface area contributed by atoms with Gasteiger partial charge in [-0.3, -0.25) is 0 Å². The van der Waals surface area contributed by atoms with Crippen LogP contribution in [0.1, 0.15) is 25.7 Å². The van der Waals surface area contributed by atoms with E-state index in [1.54, 1.807) is 0 Å². The lowest BCUT2D eigenvalue weighted by atomic mass is 10.1. The van der Waals surface area contributed by atoms with Gasteiger partial charge in [-0.15, -0.1) is 11.8 Å². The standard InChI is InChI=1S/C21H36N2O6/c22-7-9-25-11-13-27-15-16-28-14-12-26-10-8-23-21(24)29-17-20-18-5-3-1-2-4-6-19(18)20/h18-20H,3-17,22H2,(H,23,24)/t18-,19+,20?. The van der Waals surface area contributed by atoms with E-state index in [4.69, 9.17) is 29.4 Å². The molecular weight excluding hydrogens is 376 g/mol. The third-order valence-electron chi connectivity index (χ3n) is 5.14. The van der Waals surface area contributed by atoms with Gasteiger partial charge in [0.2, 0.25) is 0 Å². The van der Waals surface area contributed by atoms with E-state index in [9.17, 15) is 4.79 Å². The van der Waals surface area contributed by atoms with Crippen LogP contribution in [0.15, 0.2) is 0 Å². The first kappa shape index (κ1) is 23.9. The number of fused-ring (bicyclic) bond motifs is 1. The molecule has 0 saturated heterocycles. The van der Waals surface area contributed by atoms with Gasteiger partial charge in [-0.05, 0) is 30.6 Å². The lowest BCUT2D eigenvalue weighted by Gasteiger charge is -2.08. The zero-order valence-electron chi connectivity index (χ0n) is 17.4. The molecule has 3 atom stereocenters. The molecule has 1 saturated carbocycles. The van der Waals surface area contributed by atoms with Gasteiger partial charge >= 0.3 is 6.09 Å². The molecule has 0 aliphatic heterocycles. The van der Waals surface area contributed by atoms with E-state index in [-0.39, 0.29) is 6.09 Å². The van der Waals surface area contributed by atoms with Gasteiger partial charge in [0.25, 0.3) is 0 Å². The van der Waals surface area contributed by atoms with Crippen molar-refractivity contribution >= 4 is 6.09 Å². The Kier molecular flexibility index (Phi) is 12.7. The summed E-state index contributed by atoms with van der Waals surface area (Å²) >= 11 is 0. The van der Waals surface area contributed by atoms with Gasteiger partial charge in [-0.1, -0.05) is 0 Å². The molecule has 8 nitrogen and oxygen atoms in total. The fourth-order valence-electron chi connectivity index (χ4n) is 3.58. The van der Waals surface area contributed by atoms with Gasteiger partial charge in [0.05, 0.1) is 59.5 Å². The van der Waals surface area contributed by atoms with Gasteiger partial charge in [0.15, 0.2) is 0 Å². The van der Waals surface area contributed by atoms with Crippen molar-refractivity contribution in [3.63, 3.8) is 0 Å². The molecule has 0 spiro atoms. The predicted molar refractivity (Wildman–Crippen MR) is 108 cm³/mol. The van der Waals surface area contributed by atoms with Crippen LogP contribution >= 0.6 is 0 Å². The first-order valence-corrected chi connectivity index (χ1v) is 10.7. The molecule has 0 aromatic carbocycles. The molecule has 1 fully saturated rings. The van der Waals surface area contributed by atoms with Crippen molar-refractivity contribution in [2.45, 2.75) is 25.7 Å². The molecule has 0 heterocycles. The maximum atomic E-state index is 11.8. The maximum absolute atomic E-state index is 11.8. The van der Waals surface area contributed by atoms with Gasteiger partial charge < -0.3 is 34.7 Å². The van der Waals surface area contributed by atoms with Crippen molar-refractivity contribution < 1.29 is 28.5 Å². The summed E-state index contributed by atoms with van der Waals surface area (Å²) in [6, 6.07) is 0. The zero-order valence-corrected chi connectivity index (χ0v) is 17.4. The smallest absolute Gasteiger partial charge is 0.407 e. The van der Waals surface area contributed by atoms with Crippen LogP contribution in [-0.4, -0.2) is 78.6 Å². The Morgan fingerprint density at radius 1 is 0.828 bits per heavy atom. The molecule has 2 aliphatic carbocycles. The van der Waals surface area contributed by atoms with E-state index in [0.29, 0.717) is 90.3 Å². The third kappa shape index (κ3) is 10.8. The number of carbonyl (C=O) groups is 1. The molecule has 0 aromatic rings. The fourth-order valence-corrected chi connectivity index (χ4v) is 3.58. The second-order valence-corrected chi connectivity index (χ2v) is 7.19. The van der Waals surface area contributed by atoms with Crippen LogP contribution in [0.4, 0.5) is 4.79 Å². The van der Waals surface area contributed by atoms with Gasteiger partial charge in [0, 0.05) is 25.9 Å². The summed E-state index contributed by atoms with van der Waals surface area (Å²) in [5, 5.41) is 2.72. The van der Waals surface area contributed by atoms with Crippen molar-refractivity contribution in [1.82, 2.24) is 5.32 Å². The Bertz CT molecular complexity index is 489. The number of rotatable bonds is 16. The highest BCUT2D eigenvalue weighted by atomic mass is 16.6. The van der Waals surface area contributed by atoms with Crippen LogP contribution in [-0.2, 0) is 23.7 Å². The van der Waals surface area contributed by atoms with Crippen LogP contribution in [0.2, 0.25) is 0 Å². The van der Waals surface area contributed by atoms with E-state index in [0.717, 1.165) is 25.7 Å². The summed E-state index contributed by atoms with van der Waals surface area (Å²) in [5.41, 5.74) is 5.31. The molecular formula is C21H36N2O6. The average molecular weight is 413 g/mol. The molecule has 166 valence electrons. The maximum Gasteiger partial charge on any atom is 0.407 e. The van der Waals surface area contributed by atoms with E-state index >= 15 is 0 Å². The molecule has 0 aromatic heterocycles. The van der Waals surface area contributed by atoms with Gasteiger partial charge in [0.1, 0.15) is 0 Å². The van der Waals surface area contributed by atoms with Gasteiger partial charge in [-0.25, -0.2) is 4.79 Å². The van der Waals surface area contributed by atoms with Crippen molar-refractivity contribution in [3.05, 3.63) is 0 Å². The van der Waals surface area contributed by atoms with E-state index in [1.807, 2.05) is 0 Å².